The number of unbranched alkanes of at least 4 members (excludes halogenated alkanes) is 5. The molecular formula is C24H39NO5. The standard InChI is InChI=1S/C24H39NO5/c1-5-9-11-12-13-19-29-22(26)17-16-21(24(28)30-18-10-6-2)25-23(27)20(14-7-3)15-8-4/h7-8,14-15,21H,3,5-6,9-13,16-19H2,1-2,4H3,(H,25,27). The van der Waals surface area contributed by atoms with E-state index >= 15 is 0 Å². The molecule has 0 heterocycles. The summed E-state index contributed by atoms with van der Waals surface area (Å²) in [4.78, 5) is 36.9. The lowest BCUT2D eigenvalue weighted by atomic mass is 10.1. The second kappa shape index (κ2) is 18.6. The maximum absolute atomic E-state index is 12.5. The molecule has 30 heavy (non-hydrogen) atoms. The number of allylic oxidation sites excluding steroid dienone is 3. The van der Waals surface area contributed by atoms with E-state index in [-0.39, 0.29) is 25.4 Å². The third-order valence-corrected chi connectivity index (χ3v) is 4.39. The molecule has 1 unspecified atom stereocenters. The van der Waals surface area contributed by atoms with E-state index in [1.807, 2.05) is 6.92 Å². The third-order valence-electron chi connectivity index (χ3n) is 4.39. The van der Waals surface area contributed by atoms with Crippen molar-refractivity contribution in [1.29, 1.82) is 0 Å². The molecule has 6 heteroatoms. The van der Waals surface area contributed by atoms with Crippen molar-refractivity contribution >= 4 is 17.8 Å². The molecule has 0 aromatic heterocycles. The molecule has 6 nitrogen and oxygen atoms in total. The number of amides is 1. The van der Waals surface area contributed by atoms with E-state index in [1.165, 1.54) is 18.9 Å². The Labute approximate surface area is 181 Å². The third kappa shape index (κ3) is 13.7. The average Bonchev–Trinajstić information content (AvgIpc) is 2.73. The van der Waals surface area contributed by atoms with E-state index in [9.17, 15) is 14.4 Å². The van der Waals surface area contributed by atoms with Gasteiger partial charge in [0.05, 0.1) is 13.2 Å². The summed E-state index contributed by atoms with van der Waals surface area (Å²) in [6, 6.07) is -0.912. The van der Waals surface area contributed by atoms with Crippen LogP contribution in [0.5, 0.6) is 0 Å². The maximum atomic E-state index is 12.5. The Morgan fingerprint density at radius 2 is 1.63 bits per heavy atom. The zero-order chi connectivity index (χ0) is 22.6. The molecule has 0 aliphatic carbocycles. The van der Waals surface area contributed by atoms with Crippen molar-refractivity contribution in [3.05, 3.63) is 36.5 Å². The minimum absolute atomic E-state index is 0.0346. The fourth-order valence-corrected chi connectivity index (χ4v) is 2.65. The van der Waals surface area contributed by atoms with Gasteiger partial charge in [0.25, 0.3) is 5.91 Å². The van der Waals surface area contributed by atoms with Gasteiger partial charge >= 0.3 is 11.9 Å². The zero-order valence-electron chi connectivity index (χ0n) is 18.9. The van der Waals surface area contributed by atoms with Crippen LogP contribution in [0.15, 0.2) is 36.5 Å². The van der Waals surface area contributed by atoms with E-state index in [2.05, 4.69) is 18.8 Å². The summed E-state index contributed by atoms with van der Waals surface area (Å²) >= 11 is 0. The molecule has 0 aromatic carbocycles. The van der Waals surface area contributed by atoms with Gasteiger partial charge in [-0.1, -0.05) is 76.8 Å². The number of carbonyl (C=O) groups is 3. The molecule has 0 aliphatic heterocycles. The molecule has 0 fully saturated rings. The number of rotatable bonds is 17. The summed E-state index contributed by atoms with van der Waals surface area (Å²) in [6.07, 6.45) is 13.6. The van der Waals surface area contributed by atoms with Crippen LogP contribution in [0.4, 0.5) is 0 Å². The minimum atomic E-state index is -0.912. The molecule has 1 atom stereocenters. The van der Waals surface area contributed by atoms with Crippen LogP contribution in [-0.4, -0.2) is 37.1 Å². The zero-order valence-corrected chi connectivity index (χ0v) is 18.9. The van der Waals surface area contributed by atoms with Crippen LogP contribution >= 0.6 is 0 Å². The topological polar surface area (TPSA) is 81.7 Å². The van der Waals surface area contributed by atoms with Crippen LogP contribution in [0.2, 0.25) is 0 Å². The average molecular weight is 422 g/mol. The van der Waals surface area contributed by atoms with E-state index in [0.29, 0.717) is 12.2 Å². The highest BCUT2D eigenvalue weighted by Gasteiger charge is 2.24. The molecule has 1 amide bonds. The fraction of sp³-hybridized carbons (Fsp3) is 0.625. The molecular weight excluding hydrogens is 382 g/mol. The molecule has 0 bridgehead atoms. The van der Waals surface area contributed by atoms with Crippen LogP contribution in [0.3, 0.4) is 0 Å². The van der Waals surface area contributed by atoms with Gasteiger partial charge in [-0.15, -0.1) is 0 Å². The molecule has 0 rings (SSSR count). The summed E-state index contributed by atoms with van der Waals surface area (Å²) in [7, 11) is 0. The van der Waals surface area contributed by atoms with Crippen molar-refractivity contribution in [3.63, 3.8) is 0 Å². The normalized spacial score (nSPS) is 12.4. The monoisotopic (exact) mass is 421 g/mol. The van der Waals surface area contributed by atoms with Gasteiger partial charge in [0.1, 0.15) is 6.04 Å². The Kier molecular flexibility index (Phi) is 17.2. The quantitative estimate of drug-likeness (QED) is 0.158. The number of esters is 2. The van der Waals surface area contributed by atoms with Gasteiger partial charge < -0.3 is 14.8 Å². The van der Waals surface area contributed by atoms with Gasteiger partial charge in [-0.3, -0.25) is 9.59 Å². The SMILES string of the molecule is C=CC=C(C=CC)C(=O)NC(CCC(=O)OCCCCCCC)C(=O)OCCCC. The maximum Gasteiger partial charge on any atom is 0.328 e. The second-order valence-corrected chi connectivity index (χ2v) is 7.08. The first-order chi connectivity index (χ1) is 14.5. The Balaban J connectivity index is 4.75. The summed E-state index contributed by atoms with van der Waals surface area (Å²) in [5, 5.41) is 2.67. The number of hydrogen-bond acceptors (Lipinski definition) is 5. The Hall–Kier alpha value is -2.37. The van der Waals surface area contributed by atoms with Crippen molar-refractivity contribution in [1.82, 2.24) is 5.32 Å². The van der Waals surface area contributed by atoms with Crippen LogP contribution in [0.25, 0.3) is 0 Å². The van der Waals surface area contributed by atoms with Gasteiger partial charge in [0.15, 0.2) is 0 Å². The molecule has 0 saturated heterocycles. The number of hydrogen-bond donors (Lipinski definition) is 1. The minimum Gasteiger partial charge on any atom is -0.466 e. The molecule has 0 aliphatic rings. The summed E-state index contributed by atoms with van der Waals surface area (Å²) < 4.78 is 10.5. The van der Waals surface area contributed by atoms with Crippen LogP contribution in [0.1, 0.15) is 78.6 Å². The summed E-state index contributed by atoms with van der Waals surface area (Å²) in [5.74, 6) is -1.33. The van der Waals surface area contributed by atoms with E-state index in [4.69, 9.17) is 9.47 Å². The first-order valence-corrected chi connectivity index (χ1v) is 11.1. The molecule has 0 aromatic rings. The Bertz CT molecular complexity index is 580. The van der Waals surface area contributed by atoms with E-state index in [0.717, 1.165) is 32.1 Å². The van der Waals surface area contributed by atoms with Crippen molar-refractivity contribution in [2.24, 2.45) is 0 Å². The smallest absolute Gasteiger partial charge is 0.328 e. The Morgan fingerprint density at radius 3 is 2.27 bits per heavy atom. The highest BCUT2D eigenvalue weighted by molar-refractivity contribution is 5.98. The van der Waals surface area contributed by atoms with Crippen molar-refractivity contribution in [2.45, 2.75) is 84.6 Å². The highest BCUT2D eigenvalue weighted by atomic mass is 16.5. The van der Waals surface area contributed by atoms with E-state index < -0.39 is 17.9 Å². The lowest BCUT2D eigenvalue weighted by Gasteiger charge is -2.18. The highest BCUT2D eigenvalue weighted by Crippen LogP contribution is 2.08. The van der Waals surface area contributed by atoms with Gasteiger partial charge in [0.2, 0.25) is 0 Å². The van der Waals surface area contributed by atoms with Crippen LogP contribution in [0, 0.1) is 0 Å². The van der Waals surface area contributed by atoms with Gasteiger partial charge in [-0.05, 0) is 26.2 Å². The molecule has 0 saturated carbocycles. The van der Waals surface area contributed by atoms with Crippen molar-refractivity contribution in [3.8, 4) is 0 Å². The number of carbonyl (C=O) groups excluding carboxylic acids is 3. The first kappa shape index (κ1) is 27.6. The van der Waals surface area contributed by atoms with Gasteiger partial charge in [0, 0.05) is 12.0 Å². The molecule has 0 radical (unpaired) electrons. The lowest BCUT2D eigenvalue weighted by Crippen LogP contribution is -2.42. The second-order valence-electron chi connectivity index (χ2n) is 7.08. The fourth-order valence-electron chi connectivity index (χ4n) is 2.65. The predicted octanol–water partition coefficient (Wildman–Crippen LogP) is 4.80. The van der Waals surface area contributed by atoms with Crippen LogP contribution < -0.4 is 5.32 Å². The van der Waals surface area contributed by atoms with Crippen molar-refractivity contribution in [2.75, 3.05) is 13.2 Å². The molecule has 1 N–H and O–H groups in total. The molecule has 0 spiro atoms. The van der Waals surface area contributed by atoms with Crippen molar-refractivity contribution < 1.29 is 23.9 Å². The molecule has 170 valence electrons. The lowest BCUT2D eigenvalue weighted by molar-refractivity contribution is -0.149. The number of nitrogens with one attached hydrogen (secondary N) is 1. The largest absolute Gasteiger partial charge is 0.466 e. The van der Waals surface area contributed by atoms with Crippen LogP contribution in [-0.2, 0) is 23.9 Å². The summed E-state index contributed by atoms with van der Waals surface area (Å²) in [5.41, 5.74) is 0.369. The first-order valence-electron chi connectivity index (χ1n) is 11.1. The van der Waals surface area contributed by atoms with Gasteiger partial charge in [-0.25, -0.2) is 4.79 Å². The van der Waals surface area contributed by atoms with Gasteiger partial charge in [-0.2, -0.15) is 0 Å². The number of ether oxygens (including phenoxy) is 2. The Morgan fingerprint density at radius 1 is 0.967 bits per heavy atom. The van der Waals surface area contributed by atoms with E-state index in [1.54, 1.807) is 25.2 Å². The predicted molar refractivity (Wildman–Crippen MR) is 120 cm³/mol. The summed E-state index contributed by atoms with van der Waals surface area (Å²) in [6.45, 7) is 10.2.